The fraction of sp³-hybridized carbons (Fsp3) is 0. The zero-order chi connectivity index (χ0) is 22.5. The lowest BCUT2D eigenvalue weighted by Crippen LogP contribution is -2.19. The Bertz CT molecular complexity index is 1280. The molecule has 32 heavy (non-hydrogen) atoms. The smallest absolute Gasteiger partial charge is 0.256 e. The largest absolute Gasteiger partial charge is 0.409 e. The van der Waals surface area contributed by atoms with Crippen LogP contribution in [0.4, 0.5) is 15.9 Å². The highest BCUT2D eigenvalue weighted by Gasteiger charge is 2.20. The molecule has 10 heteroatoms. The van der Waals surface area contributed by atoms with Crippen LogP contribution >= 0.6 is 15.9 Å². The van der Waals surface area contributed by atoms with Gasteiger partial charge >= 0.3 is 0 Å². The quantitative estimate of drug-likeness (QED) is 0.153. The van der Waals surface area contributed by atoms with Gasteiger partial charge in [-0.25, -0.2) is 9.02 Å². The van der Waals surface area contributed by atoms with Gasteiger partial charge in [-0.1, -0.05) is 47.6 Å². The van der Waals surface area contributed by atoms with Crippen molar-refractivity contribution in [2.24, 2.45) is 5.16 Å². The molecule has 0 unspecified atom stereocenters. The lowest BCUT2D eigenvalue weighted by Gasteiger charge is -2.08. The van der Waals surface area contributed by atoms with Gasteiger partial charge in [-0.2, -0.15) is 0 Å². The van der Waals surface area contributed by atoms with E-state index in [4.69, 9.17) is 4.63 Å². The average Bonchev–Trinajstić information content (AvgIpc) is 3.28. The van der Waals surface area contributed by atoms with E-state index in [-0.39, 0.29) is 21.8 Å². The van der Waals surface area contributed by atoms with Crippen LogP contribution in [0.25, 0.3) is 11.1 Å². The van der Waals surface area contributed by atoms with E-state index in [1.165, 1.54) is 18.2 Å². The number of amides is 1. The topological polar surface area (TPSA) is 113 Å². The number of nitrogens with one attached hydrogen (secondary N) is 2. The molecule has 0 saturated heterocycles. The van der Waals surface area contributed by atoms with Gasteiger partial charge in [-0.3, -0.25) is 4.79 Å². The van der Waals surface area contributed by atoms with Crippen molar-refractivity contribution in [3.63, 3.8) is 0 Å². The van der Waals surface area contributed by atoms with E-state index in [1.54, 1.807) is 12.1 Å². The van der Waals surface area contributed by atoms with Gasteiger partial charge in [0.05, 0.1) is 4.47 Å². The highest BCUT2D eigenvalue weighted by atomic mass is 79.9. The van der Waals surface area contributed by atoms with Crippen LogP contribution in [-0.2, 0) is 0 Å². The highest BCUT2D eigenvalue weighted by Crippen LogP contribution is 2.22. The van der Waals surface area contributed by atoms with Crippen LogP contribution < -0.4 is 10.6 Å². The first-order valence-electron chi connectivity index (χ1n) is 9.29. The van der Waals surface area contributed by atoms with E-state index >= 15 is 0 Å². The second-order valence-electron chi connectivity index (χ2n) is 6.56. The van der Waals surface area contributed by atoms with Crippen LogP contribution in [0.3, 0.4) is 0 Å². The Morgan fingerprint density at radius 1 is 0.969 bits per heavy atom. The molecule has 0 aliphatic rings. The fourth-order valence-corrected chi connectivity index (χ4v) is 3.27. The van der Waals surface area contributed by atoms with Crippen molar-refractivity contribution in [2.45, 2.75) is 0 Å². The third-order valence-corrected chi connectivity index (χ3v) is 5.09. The third-order valence-electron chi connectivity index (χ3n) is 4.48. The Balaban J connectivity index is 1.50. The van der Waals surface area contributed by atoms with Crippen LogP contribution in [0.15, 0.2) is 87.1 Å². The second-order valence-corrected chi connectivity index (χ2v) is 7.42. The zero-order valence-electron chi connectivity index (χ0n) is 16.3. The summed E-state index contributed by atoms with van der Waals surface area (Å²) in [6.45, 7) is 0. The van der Waals surface area contributed by atoms with E-state index < -0.39 is 11.7 Å². The monoisotopic (exact) mass is 495 g/mol. The average molecular weight is 496 g/mol. The number of aromatic nitrogens is 2. The molecule has 3 N–H and O–H groups in total. The van der Waals surface area contributed by atoms with Crippen molar-refractivity contribution in [2.75, 3.05) is 10.6 Å². The minimum Gasteiger partial charge on any atom is -0.409 e. The number of carbonyl (C=O) groups excluding carboxylic acids is 1. The normalized spacial score (nSPS) is 11.2. The van der Waals surface area contributed by atoms with Gasteiger partial charge in [0.25, 0.3) is 5.91 Å². The SMILES string of the molecule is O=C(Nc1nonc1/C(=N\O)Nc1ccc(F)c(Br)c1)c1ccc(-c2ccccc2)cc1. The van der Waals surface area contributed by atoms with Crippen molar-refractivity contribution in [1.82, 2.24) is 10.3 Å². The summed E-state index contributed by atoms with van der Waals surface area (Å²) in [5, 5.41) is 25.3. The van der Waals surface area contributed by atoms with Gasteiger partial charge in [0.15, 0.2) is 5.69 Å². The number of nitrogens with zero attached hydrogens (tertiary/aromatic N) is 3. The van der Waals surface area contributed by atoms with Crippen molar-refractivity contribution < 1.29 is 19.0 Å². The van der Waals surface area contributed by atoms with Crippen LogP contribution in [-0.4, -0.2) is 27.3 Å². The summed E-state index contributed by atoms with van der Waals surface area (Å²) in [4.78, 5) is 12.7. The van der Waals surface area contributed by atoms with Crippen LogP contribution in [0.5, 0.6) is 0 Å². The molecule has 0 atom stereocenters. The first-order valence-corrected chi connectivity index (χ1v) is 10.1. The van der Waals surface area contributed by atoms with Gasteiger partial charge in [-0.15, -0.1) is 0 Å². The molecule has 3 aromatic carbocycles. The van der Waals surface area contributed by atoms with E-state index in [0.717, 1.165) is 11.1 Å². The number of benzene rings is 3. The van der Waals surface area contributed by atoms with Gasteiger partial charge < -0.3 is 15.8 Å². The van der Waals surface area contributed by atoms with Crippen molar-refractivity contribution in [1.29, 1.82) is 0 Å². The number of oxime groups is 1. The Labute approximate surface area is 189 Å². The van der Waals surface area contributed by atoms with Gasteiger partial charge in [0.2, 0.25) is 11.7 Å². The summed E-state index contributed by atoms with van der Waals surface area (Å²) < 4.78 is 18.4. The maximum Gasteiger partial charge on any atom is 0.256 e. The number of amidine groups is 1. The number of halogens is 2. The maximum atomic E-state index is 13.4. The molecule has 0 saturated carbocycles. The Morgan fingerprint density at radius 3 is 2.38 bits per heavy atom. The summed E-state index contributed by atoms with van der Waals surface area (Å²) >= 11 is 3.08. The van der Waals surface area contributed by atoms with Crippen molar-refractivity contribution in [3.8, 4) is 11.1 Å². The van der Waals surface area contributed by atoms with Gasteiger partial charge in [0, 0.05) is 11.3 Å². The Hall–Kier alpha value is -4.05. The standard InChI is InChI=1S/C22H15BrFN5O3/c23-17-12-16(10-11-18(17)24)25-20(27-31)19-21(29-32-28-19)26-22(30)15-8-6-14(7-9-15)13-4-2-1-3-5-13/h1-12,31H,(H,25,27)(H,26,29,30). The molecule has 4 rings (SSSR count). The maximum absolute atomic E-state index is 13.4. The van der Waals surface area contributed by atoms with Crippen LogP contribution in [0.1, 0.15) is 16.1 Å². The van der Waals surface area contributed by atoms with E-state index in [9.17, 15) is 14.4 Å². The van der Waals surface area contributed by atoms with E-state index in [0.29, 0.717) is 11.3 Å². The van der Waals surface area contributed by atoms with E-state index in [2.05, 4.69) is 42.0 Å². The molecule has 8 nitrogen and oxygen atoms in total. The lowest BCUT2D eigenvalue weighted by atomic mass is 10.0. The molecule has 0 bridgehead atoms. The predicted molar refractivity (Wildman–Crippen MR) is 120 cm³/mol. The van der Waals surface area contributed by atoms with Crippen LogP contribution in [0, 0.1) is 5.82 Å². The summed E-state index contributed by atoms with van der Waals surface area (Å²) in [5.41, 5.74) is 2.75. The summed E-state index contributed by atoms with van der Waals surface area (Å²) in [6.07, 6.45) is 0. The molecule has 4 aromatic rings. The summed E-state index contributed by atoms with van der Waals surface area (Å²) in [7, 11) is 0. The lowest BCUT2D eigenvalue weighted by molar-refractivity contribution is 0.102. The Kier molecular flexibility index (Phi) is 6.22. The molecule has 0 aliphatic carbocycles. The summed E-state index contributed by atoms with van der Waals surface area (Å²) in [5.74, 6) is -1.11. The summed E-state index contributed by atoms with van der Waals surface area (Å²) in [6, 6.07) is 20.9. The van der Waals surface area contributed by atoms with Gasteiger partial charge in [-0.05, 0) is 67.7 Å². The number of hydrogen-bond donors (Lipinski definition) is 3. The molecular weight excluding hydrogens is 481 g/mol. The third kappa shape index (κ3) is 4.65. The van der Waals surface area contributed by atoms with E-state index in [1.807, 2.05) is 42.5 Å². The molecule has 0 radical (unpaired) electrons. The molecule has 1 heterocycles. The molecule has 1 amide bonds. The first-order chi connectivity index (χ1) is 15.5. The first kappa shape index (κ1) is 21.2. The molecular formula is C22H15BrFN5O3. The zero-order valence-corrected chi connectivity index (χ0v) is 17.9. The minimum absolute atomic E-state index is 0.0396. The number of anilines is 2. The molecule has 160 valence electrons. The number of hydrogen-bond acceptors (Lipinski definition) is 6. The Morgan fingerprint density at radius 2 is 1.69 bits per heavy atom. The number of rotatable bonds is 5. The number of carbonyl (C=O) groups is 1. The minimum atomic E-state index is -0.455. The molecule has 1 aromatic heterocycles. The predicted octanol–water partition coefficient (Wildman–Crippen LogP) is 5.14. The molecule has 0 spiro atoms. The fourth-order valence-electron chi connectivity index (χ4n) is 2.89. The highest BCUT2D eigenvalue weighted by molar-refractivity contribution is 9.10. The van der Waals surface area contributed by atoms with Crippen LogP contribution in [0.2, 0.25) is 0 Å². The molecule has 0 aliphatic heterocycles. The van der Waals surface area contributed by atoms with Crippen molar-refractivity contribution in [3.05, 3.63) is 94.3 Å². The molecule has 0 fully saturated rings. The second kappa shape index (κ2) is 9.40. The van der Waals surface area contributed by atoms with Crippen molar-refractivity contribution >= 4 is 39.2 Å². The van der Waals surface area contributed by atoms with Gasteiger partial charge in [0.1, 0.15) is 5.82 Å².